The number of carboxylic acid groups (broad SMARTS) is 1. The van der Waals surface area contributed by atoms with Gasteiger partial charge in [-0.1, -0.05) is 30.3 Å². The Morgan fingerprint density at radius 3 is 2.47 bits per heavy atom. The molecule has 1 aliphatic heterocycles. The van der Waals surface area contributed by atoms with E-state index in [1.807, 2.05) is 30.3 Å². The number of likely N-dealkylation sites (tertiary alicyclic amines) is 1. The average Bonchev–Trinajstić information content (AvgIpc) is 3.19. The van der Waals surface area contributed by atoms with E-state index in [9.17, 15) is 19.5 Å². The third-order valence-corrected chi connectivity index (χ3v) is 4.81. The minimum atomic E-state index is -1.12. The summed E-state index contributed by atoms with van der Waals surface area (Å²) in [5.74, 6) is -0.601. The number of nitrogens with one attached hydrogen (secondary N) is 1. The van der Waals surface area contributed by atoms with E-state index in [0.717, 1.165) is 5.56 Å². The molecule has 1 heterocycles. The Morgan fingerprint density at radius 1 is 1.10 bits per heavy atom. The average molecular weight is 409 g/mol. The van der Waals surface area contributed by atoms with Gasteiger partial charge >= 0.3 is 6.09 Å². The molecule has 2 aromatic carbocycles. The zero-order valence-corrected chi connectivity index (χ0v) is 16.3. The molecule has 0 bridgehead atoms. The Hall–Kier alpha value is -3.81. The first-order chi connectivity index (χ1) is 14.4. The summed E-state index contributed by atoms with van der Waals surface area (Å²) in [6.45, 7) is 0.492. The van der Waals surface area contributed by atoms with E-state index in [2.05, 4.69) is 5.32 Å². The number of phenols is 1. The number of carbonyl (C=O) groups is 3. The highest BCUT2D eigenvalue weighted by atomic mass is 16.4. The van der Waals surface area contributed by atoms with Crippen LogP contribution in [0.2, 0.25) is 0 Å². The van der Waals surface area contributed by atoms with E-state index in [-0.39, 0.29) is 36.7 Å². The van der Waals surface area contributed by atoms with Gasteiger partial charge < -0.3 is 20.4 Å². The third-order valence-electron chi connectivity index (χ3n) is 4.81. The maximum atomic E-state index is 12.9. The highest BCUT2D eigenvalue weighted by Crippen LogP contribution is 2.20. The fourth-order valence-electron chi connectivity index (χ4n) is 3.27. The number of anilines is 1. The van der Waals surface area contributed by atoms with Crippen molar-refractivity contribution in [3.63, 3.8) is 0 Å². The summed E-state index contributed by atoms with van der Waals surface area (Å²) in [4.78, 5) is 39.3. The van der Waals surface area contributed by atoms with Gasteiger partial charge in [-0.15, -0.1) is 0 Å². The second-order valence-electron chi connectivity index (χ2n) is 6.96. The van der Waals surface area contributed by atoms with Crippen molar-refractivity contribution < 1.29 is 24.6 Å². The minimum absolute atomic E-state index is 0.0550. The van der Waals surface area contributed by atoms with Crippen molar-refractivity contribution in [1.29, 1.82) is 0 Å². The van der Waals surface area contributed by atoms with Crippen LogP contribution in [0.1, 0.15) is 12.0 Å². The van der Waals surface area contributed by atoms with Crippen molar-refractivity contribution in [2.45, 2.75) is 12.5 Å². The smallest absolute Gasteiger partial charge is 0.404 e. The van der Waals surface area contributed by atoms with Gasteiger partial charge in [0.05, 0.1) is 6.04 Å². The van der Waals surface area contributed by atoms with Crippen LogP contribution in [0.3, 0.4) is 0 Å². The van der Waals surface area contributed by atoms with Crippen LogP contribution in [0.15, 0.2) is 60.7 Å². The zero-order chi connectivity index (χ0) is 21.5. The van der Waals surface area contributed by atoms with Crippen LogP contribution in [0.5, 0.6) is 5.75 Å². The zero-order valence-electron chi connectivity index (χ0n) is 16.3. The van der Waals surface area contributed by atoms with Gasteiger partial charge in [0.15, 0.2) is 0 Å². The number of nitrogens with zero attached hydrogens (tertiary/aromatic N) is 2. The molecule has 1 atom stereocenters. The number of amides is 3. The monoisotopic (exact) mass is 409 g/mol. The van der Waals surface area contributed by atoms with Gasteiger partial charge in [-0.05, 0) is 42.3 Å². The second kappa shape index (κ2) is 9.60. The first-order valence-corrected chi connectivity index (χ1v) is 9.53. The molecule has 3 rings (SSSR count). The molecule has 2 aromatic rings. The molecule has 0 aliphatic carbocycles. The van der Waals surface area contributed by atoms with Crippen LogP contribution in [0.4, 0.5) is 10.5 Å². The van der Waals surface area contributed by atoms with Gasteiger partial charge in [-0.2, -0.15) is 0 Å². The topological polar surface area (TPSA) is 110 Å². The Morgan fingerprint density at radius 2 is 1.80 bits per heavy atom. The maximum Gasteiger partial charge on any atom is 0.404 e. The Balaban J connectivity index is 1.74. The van der Waals surface area contributed by atoms with Crippen molar-refractivity contribution in [1.82, 2.24) is 10.2 Å². The lowest BCUT2D eigenvalue weighted by molar-refractivity contribution is -0.130. The normalized spacial score (nSPS) is 15.9. The summed E-state index contributed by atoms with van der Waals surface area (Å²) >= 11 is 0. The molecule has 156 valence electrons. The molecule has 1 saturated heterocycles. The molecular weight excluding hydrogens is 386 g/mol. The molecule has 1 aliphatic rings. The molecule has 0 radical (unpaired) electrons. The molecule has 0 saturated carbocycles. The highest BCUT2D eigenvalue weighted by Gasteiger charge is 2.29. The van der Waals surface area contributed by atoms with E-state index >= 15 is 0 Å². The van der Waals surface area contributed by atoms with Gasteiger partial charge in [-0.25, -0.2) is 4.79 Å². The largest absolute Gasteiger partial charge is 0.508 e. The molecule has 30 heavy (non-hydrogen) atoms. The molecule has 0 spiro atoms. The molecular formula is C22H23N3O5. The fourth-order valence-corrected chi connectivity index (χ4v) is 3.27. The molecule has 8 nitrogen and oxygen atoms in total. The molecule has 0 aromatic heterocycles. The predicted molar refractivity (Wildman–Crippen MR) is 112 cm³/mol. The fraction of sp³-hybridized carbons (Fsp3) is 0.227. The standard InChI is InChI=1S/C22H23N3O5/c26-19-9-7-18(8-10-19)25(20(27)11-6-16-4-2-1-3-5-16)15-21(28)24-13-12-17(14-24)23-22(29)30/h1-11,17,23,26H,12-15H2,(H,29,30)/b11-6+/t17-/m0/s1. The number of rotatable bonds is 6. The highest BCUT2D eigenvalue weighted by molar-refractivity contribution is 6.06. The van der Waals surface area contributed by atoms with E-state index in [0.29, 0.717) is 18.7 Å². The van der Waals surface area contributed by atoms with Gasteiger partial charge in [0, 0.05) is 24.9 Å². The molecule has 3 amide bonds. The number of carbonyl (C=O) groups excluding carboxylic acids is 2. The van der Waals surface area contributed by atoms with Crippen LogP contribution in [0.25, 0.3) is 6.08 Å². The number of benzene rings is 2. The minimum Gasteiger partial charge on any atom is -0.508 e. The van der Waals surface area contributed by atoms with Crippen molar-refractivity contribution in [3.05, 3.63) is 66.2 Å². The summed E-state index contributed by atoms with van der Waals surface area (Å²) in [6, 6.07) is 15.0. The van der Waals surface area contributed by atoms with Crippen molar-refractivity contribution in [2.75, 3.05) is 24.5 Å². The number of hydrogen-bond acceptors (Lipinski definition) is 4. The molecule has 3 N–H and O–H groups in total. The van der Waals surface area contributed by atoms with Gasteiger partial charge in [0.25, 0.3) is 5.91 Å². The van der Waals surface area contributed by atoms with Gasteiger partial charge in [0.2, 0.25) is 5.91 Å². The van der Waals surface area contributed by atoms with Crippen molar-refractivity contribution in [2.24, 2.45) is 0 Å². The molecule has 8 heteroatoms. The Kier molecular flexibility index (Phi) is 6.69. The summed E-state index contributed by atoms with van der Waals surface area (Å²) in [5, 5.41) is 20.8. The van der Waals surface area contributed by atoms with Crippen LogP contribution in [-0.2, 0) is 9.59 Å². The molecule has 1 fully saturated rings. The van der Waals surface area contributed by atoms with Crippen molar-refractivity contribution >= 4 is 29.7 Å². The maximum absolute atomic E-state index is 12.9. The molecule has 0 unspecified atom stereocenters. The van der Waals surface area contributed by atoms with Crippen LogP contribution < -0.4 is 10.2 Å². The Bertz CT molecular complexity index is 928. The lowest BCUT2D eigenvalue weighted by Crippen LogP contribution is -2.43. The first-order valence-electron chi connectivity index (χ1n) is 9.53. The summed E-state index contributed by atoms with van der Waals surface area (Å²) in [6.07, 6.45) is 2.47. The quantitative estimate of drug-likeness (QED) is 0.634. The lowest BCUT2D eigenvalue weighted by Gasteiger charge is -2.24. The number of phenolic OH excluding ortho intramolecular Hbond substituents is 1. The summed E-state index contributed by atoms with van der Waals surface area (Å²) in [5.41, 5.74) is 1.33. The second-order valence-corrected chi connectivity index (χ2v) is 6.96. The van der Waals surface area contributed by atoms with Crippen LogP contribution in [-0.4, -0.2) is 58.7 Å². The SMILES string of the molecule is O=C(O)N[C@H]1CCN(C(=O)CN(C(=O)/C=C/c2ccccc2)c2ccc(O)cc2)C1. The van der Waals surface area contributed by atoms with E-state index in [4.69, 9.17) is 5.11 Å². The van der Waals surface area contributed by atoms with E-state index < -0.39 is 6.09 Å². The van der Waals surface area contributed by atoms with Gasteiger partial charge in [-0.3, -0.25) is 14.5 Å². The Labute approximate surface area is 174 Å². The van der Waals surface area contributed by atoms with Gasteiger partial charge in [0.1, 0.15) is 12.3 Å². The van der Waals surface area contributed by atoms with Crippen molar-refractivity contribution in [3.8, 4) is 5.75 Å². The van der Waals surface area contributed by atoms with Crippen LogP contribution >= 0.6 is 0 Å². The summed E-state index contributed by atoms with van der Waals surface area (Å²) < 4.78 is 0. The van der Waals surface area contributed by atoms with E-state index in [1.165, 1.54) is 23.1 Å². The summed E-state index contributed by atoms with van der Waals surface area (Å²) in [7, 11) is 0. The number of hydrogen-bond donors (Lipinski definition) is 3. The van der Waals surface area contributed by atoms with E-state index in [1.54, 1.807) is 23.1 Å². The van der Waals surface area contributed by atoms with Crippen LogP contribution in [0, 0.1) is 0 Å². The number of aromatic hydroxyl groups is 1. The third kappa shape index (κ3) is 5.60. The first kappa shape index (κ1) is 20.9. The lowest BCUT2D eigenvalue weighted by atomic mass is 10.2. The predicted octanol–water partition coefficient (Wildman–Crippen LogP) is 2.31.